The molecule has 182 valence electrons. The van der Waals surface area contributed by atoms with Gasteiger partial charge in [-0.25, -0.2) is 23.1 Å². The minimum atomic E-state index is -3.57. The highest BCUT2D eigenvalue weighted by Crippen LogP contribution is 2.43. The largest absolute Gasteiger partial charge is 0.424 e. The van der Waals surface area contributed by atoms with Crippen molar-refractivity contribution in [2.45, 2.75) is 55.5 Å². The van der Waals surface area contributed by atoms with E-state index in [-0.39, 0.29) is 23.0 Å². The number of hydrogen-bond acceptors (Lipinski definition) is 6. The van der Waals surface area contributed by atoms with Gasteiger partial charge in [0.1, 0.15) is 11.8 Å². The zero-order valence-electron chi connectivity index (χ0n) is 19.6. The van der Waals surface area contributed by atoms with Crippen LogP contribution in [0, 0.1) is 11.3 Å². The van der Waals surface area contributed by atoms with Crippen molar-refractivity contribution >= 4 is 20.9 Å². The van der Waals surface area contributed by atoms with E-state index in [1.807, 2.05) is 18.2 Å². The molecule has 2 aromatic heterocycles. The van der Waals surface area contributed by atoms with Crippen molar-refractivity contribution in [3.05, 3.63) is 66.5 Å². The van der Waals surface area contributed by atoms with Crippen LogP contribution in [0.4, 0.5) is 0 Å². The van der Waals surface area contributed by atoms with Crippen LogP contribution in [0.3, 0.4) is 0 Å². The van der Waals surface area contributed by atoms with Crippen molar-refractivity contribution in [1.82, 2.24) is 19.3 Å². The molecule has 0 radical (unpaired) electrons. The molecule has 0 aliphatic heterocycles. The molecule has 0 atom stereocenters. The first-order valence-electron chi connectivity index (χ1n) is 12.2. The van der Waals surface area contributed by atoms with Gasteiger partial charge in [0.15, 0.2) is 0 Å². The Morgan fingerprint density at radius 1 is 1.00 bits per heavy atom. The first-order valence-corrected chi connectivity index (χ1v) is 13.7. The lowest BCUT2D eigenvalue weighted by atomic mass is 9.92. The van der Waals surface area contributed by atoms with Gasteiger partial charge >= 0.3 is 6.01 Å². The number of aromatic nitrogens is 3. The second kappa shape index (κ2) is 9.04. The van der Waals surface area contributed by atoms with Crippen molar-refractivity contribution < 1.29 is 13.2 Å². The second-order valence-corrected chi connectivity index (χ2v) is 11.1. The van der Waals surface area contributed by atoms with Crippen molar-refractivity contribution in [2.24, 2.45) is 0 Å². The zero-order chi connectivity index (χ0) is 24.7. The molecule has 9 heteroatoms. The maximum atomic E-state index is 12.8. The fourth-order valence-corrected chi connectivity index (χ4v) is 6.13. The number of nitriles is 1. The van der Waals surface area contributed by atoms with Crippen LogP contribution in [-0.4, -0.2) is 29.0 Å². The van der Waals surface area contributed by atoms with Gasteiger partial charge in [-0.3, -0.25) is 0 Å². The number of fused-ring (bicyclic) bond motifs is 1. The maximum Gasteiger partial charge on any atom is 0.321 e. The Morgan fingerprint density at radius 2 is 1.72 bits per heavy atom. The lowest BCUT2D eigenvalue weighted by Gasteiger charge is -2.30. The van der Waals surface area contributed by atoms with Crippen molar-refractivity contribution in [3.63, 3.8) is 0 Å². The molecule has 1 N–H and O–H groups in total. The Morgan fingerprint density at radius 3 is 2.33 bits per heavy atom. The second-order valence-electron chi connectivity index (χ2n) is 9.38. The molecule has 0 spiro atoms. The van der Waals surface area contributed by atoms with Crippen LogP contribution in [0.15, 0.2) is 65.8 Å². The summed E-state index contributed by atoms with van der Waals surface area (Å²) < 4.78 is 36.4. The van der Waals surface area contributed by atoms with Crippen LogP contribution in [0.5, 0.6) is 11.8 Å². The molecule has 4 aromatic rings. The van der Waals surface area contributed by atoms with E-state index < -0.39 is 10.0 Å². The molecule has 2 aromatic carbocycles. The van der Waals surface area contributed by atoms with Gasteiger partial charge in [-0.2, -0.15) is 5.26 Å². The highest BCUT2D eigenvalue weighted by molar-refractivity contribution is 7.89. The molecule has 0 saturated heterocycles. The highest BCUT2D eigenvalue weighted by atomic mass is 32.2. The number of ether oxygens (including phenoxy) is 1. The maximum absolute atomic E-state index is 12.8. The van der Waals surface area contributed by atoms with Crippen LogP contribution in [0.25, 0.3) is 22.2 Å². The van der Waals surface area contributed by atoms with Crippen LogP contribution < -0.4 is 9.46 Å². The lowest BCUT2D eigenvalue weighted by Crippen LogP contribution is -2.39. The summed E-state index contributed by atoms with van der Waals surface area (Å²) in [5.41, 5.74) is 3.10. The summed E-state index contributed by atoms with van der Waals surface area (Å²) in [6.45, 7) is 0. The lowest BCUT2D eigenvalue weighted by molar-refractivity contribution is 0.324. The van der Waals surface area contributed by atoms with Gasteiger partial charge in [-0.05, 0) is 68.0 Å². The van der Waals surface area contributed by atoms with Crippen LogP contribution in [0.2, 0.25) is 0 Å². The molecule has 36 heavy (non-hydrogen) atoms. The Balaban J connectivity index is 1.43. The Labute approximate surface area is 209 Å². The molecule has 2 fully saturated rings. The fourth-order valence-electron chi connectivity index (χ4n) is 4.82. The monoisotopic (exact) mass is 499 g/mol. The van der Waals surface area contributed by atoms with E-state index in [9.17, 15) is 13.7 Å². The SMILES string of the molecule is N#Cc1c(-c2ccc(S(=O)(=O)NC3CCC3)cc2)n(C2CCC2)c2cc(Oc3ncccn3)ccc12. The van der Waals surface area contributed by atoms with Crippen LogP contribution >= 0.6 is 0 Å². The molecule has 0 bridgehead atoms. The Kier molecular flexibility index (Phi) is 5.70. The van der Waals surface area contributed by atoms with Gasteiger partial charge in [0.2, 0.25) is 10.0 Å². The number of benzene rings is 2. The normalized spacial score (nSPS) is 16.3. The third-order valence-electron chi connectivity index (χ3n) is 7.14. The average Bonchev–Trinajstić information content (AvgIpc) is 3.14. The summed E-state index contributed by atoms with van der Waals surface area (Å²) >= 11 is 0. The summed E-state index contributed by atoms with van der Waals surface area (Å²) in [7, 11) is -3.57. The third-order valence-corrected chi connectivity index (χ3v) is 8.68. The molecule has 6 rings (SSSR count). The van der Waals surface area contributed by atoms with Gasteiger partial charge in [-0.15, -0.1) is 0 Å². The summed E-state index contributed by atoms with van der Waals surface area (Å²) in [6, 6.07) is 17.2. The zero-order valence-corrected chi connectivity index (χ0v) is 20.4. The summed E-state index contributed by atoms with van der Waals surface area (Å²) in [6.07, 6.45) is 9.23. The van der Waals surface area contributed by atoms with Gasteiger partial charge in [0.25, 0.3) is 0 Å². The number of nitrogens with one attached hydrogen (secondary N) is 1. The number of nitrogens with zero attached hydrogens (tertiary/aromatic N) is 4. The number of hydrogen-bond donors (Lipinski definition) is 1. The third kappa shape index (κ3) is 4.02. The Hall–Kier alpha value is -3.74. The molecule has 8 nitrogen and oxygen atoms in total. The van der Waals surface area contributed by atoms with E-state index in [1.165, 1.54) is 0 Å². The van der Waals surface area contributed by atoms with E-state index in [0.717, 1.165) is 60.7 Å². The first kappa shape index (κ1) is 22.7. The van der Waals surface area contributed by atoms with E-state index >= 15 is 0 Å². The predicted octanol–water partition coefficient (Wildman–Crippen LogP) is 5.32. The summed E-state index contributed by atoms with van der Waals surface area (Å²) in [5.74, 6) is 0.589. The molecule has 2 aliphatic rings. The van der Waals surface area contributed by atoms with Gasteiger partial charge in [0, 0.05) is 35.9 Å². The smallest absolute Gasteiger partial charge is 0.321 e. The van der Waals surface area contributed by atoms with Gasteiger partial charge in [-0.1, -0.05) is 18.6 Å². The number of rotatable bonds is 7. The van der Waals surface area contributed by atoms with Crippen LogP contribution in [0.1, 0.15) is 50.1 Å². The molecular formula is C27H25N5O3S. The molecule has 2 saturated carbocycles. The van der Waals surface area contributed by atoms with Crippen molar-refractivity contribution in [3.8, 4) is 29.1 Å². The van der Waals surface area contributed by atoms with Crippen LogP contribution in [-0.2, 0) is 10.0 Å². The van der Waals surface area contributed by atoms with Gasteiger partial charge < -0.3 is 9.30 Å². The van der Waals surface area contributed by atoms with E-state index in [2.05, 4.69) is 25.3 Å². The molecule has 2 heterocycles. The molecule has 2 aliphatic carbocycles. The standard InChI is InChI=1S/C27H25N5O3S/c28-17-24-23-13-10-21(35-27-29-14-3-15-30-27)16-25(23)32(20-6-2-7-20)26(24)18-8-11-22(12-9-18)36(33,34)31-19-4-1-5-19/h3,8-16,19-20,31H,1-2,4-7H2. The fraction of sp³-hybridized carbons (Fsp3) is 0.296. The topological polar surface area (TPSA) is 110 Å². The minimum Gasteiger partial charge on any atom is -0.424 e. The van der Waals surface area contributed by atoms with E-state index in [1.54, 1.807) is 42.7 Å². The van der Waals surface area contributed by atoms with E-state index in [0.29, 0.717) is 11.3 Å². The van der Waals surface area contributed by atoms with Crippen molar-refractivity contribution in [1.29, 1.82) is 5.26 Å². The van der Waals surface area contributed by atoms with Crippen molar-refractivity contribution in [2.75, 3.05) is 0 Å². The molecule has 0 amide bonds. The quantitative estimate of drug-likeness (QED) is 0.369. The number of sulfonamides is 1. The van der Waals surface area contributed by atoms with Gasteiger partial charge in [0.05, 0.1) is 21.7 Å². The summed E-state index contributed by atoms with van der Waals surface area (Å²) in [4.78, 5) is 8.50. The highest BCUT2D eigenvalue weighted by Gasteiger charge is 2.29. The summed E-state index contributed by atoms with van der Waals surface area (Å²) in [5, 5.41) is 11.0. The predicted molar refractivity (Wildman–Crippen MR) is 135 cm³/mol. The average molecular weight is 500 g/mol. The Bertz CT molecular complexity index is 1570. The van der Waals surface area contributed by atoms with E-state index in [4.69, 9.17) is 4.74 Å². The molecule has 0 unspecified atom stereocenters. The first-order chi connectivity index (χ1) is 17.5. The minimum absolute atomic E-state index is 0.0266. The molecular weight excluding hydrogens is 474 g/mol.